The number of piperazine rings is 1. The van der Waals surface area contributed by atoms with Crippen molar-refractivity contribution in [2.45, 2.75) is 88.6 Å². The van der Waals surface area contributed by atoms with Gasteiger partial charge in [0, 0.05) is 38.8 Å². The normalized spacial score (nSPS) is 23.2. The van der Waals surface area contributed by atoms with Crippen LogP contribution in [0.5, 0.6) is 11.9 Å². The van der Waals surface area contributed by atoms with Crippen molar-refractivity contribution in [2.24, 2.45) is 0 Å². The zero-order chi connectivity index (χ0) is 41.1. The Hall–Kier alpha value is -5.06. The zero-order valence-electron chi connectivity index (χ0n) is 32.9. The fraction of sp³-hybridized carbons (Fsp3) is 0.537. The SMILES string of the molecule is CCOc1nc(-c2cccc3ccc(F)c(CC)c23)c(F)c2nc(OC[C@]34CCCN3[C@@H](COC(=O)N(C)C)CC4)nc(N3CC4CCC(C3)N4C(=O)C(F)(F)F)c12. The molecule has 6 heterocycles. The maximum absolute atomic E-state index is 17.4. The number of ether oxygens (including phenoxy) is 3. The number of aromatic nitrogens is 3. The predicted octanol–water partition coefficient (Wildman–Crippen LogP) is 6.90. The van der Waals surface area contributed by atoms with E-state index in [4.69, 9.17) is 24.2 Å². The molecule has 2 bridgehead atoms. The van der Waals surface area contributed by atoms with Crippen molar-refractivity contribution in [3.8, 4) is 23.1 Å². The van der Waals surface area contributed by atoms with E-state index in [2.05, 4.69) is 9.88 Å². The topological polar surface area (TPSA) is 113 Å². The second-order valence-corrected chi connectivity index (χ2v) is 15.8. The van der Waals surface area contributed by atoms with Gasteiger partial charge >= 0.3 is 24.2 Å². The highest BCUT2D eigenvalue weighted by Gasteiger charge is 2.53. The summed E-state index contributed by atoms with van der Waals surface area (Å²) < 4.78 is 91.8. The molecule has 4 aliphatic heterocycles. The zero-order valence-corrected chi connectivity index (χ0v) is 32.9. The third-order valence-electron chi connectivity index (χ3n) is 12.2. The molecular weight excluding hydrogens is 765 g/mol. The lowest BCUT2D eigenvalue weighted by atomic mass is 9.95. The molecule has 0 radical (unpaired) electrons. The lowest BCUT2D eigenvalue weighted by Crippen LogP contribution is -2.59. The Morgan fingerprint density at radius 1 is 0.948 bits per heavy atom. The maximum Gasteiger partial charge on any atom is 0.471 e. The van der Waals surface area contributed by atoms with Crippen molar-refractivity contribution in [2.75, 3.05) is 58.5 Å². The minimum Gasteiger partial charge on any atom is -0.477 e. The fourth-order valence-electron chi connectivity index (χ4n) is 9.63. The van der Waals surface area contributed by atoms with Crippen LogP contribution >= 0.6 is 0 Å². The van der Waals surface area contributed by atoms with E-state index < -0.39 is 47.4 Å². The van der Waals surface area contributed by atoms with Gasteiger partial charge in [0.1, 0.15) is 41.4 Å². The van der Waals surface area contributed by atoms with Gasteiger partial charge in [-0.1, -0.05) is 31.2 Å². The molecule has 4 aliphatic rings. The first kappa shape index (κ1) is 39.8. The molecule has 8 rings (SSSR count). The van der Waals surface area contributed by atoms with Crippen LogP contribution in [0, 0.1) is 11.6 Å². The number of nitrogens with zero attached hydrogens (tertiary/aromatic N) is 7. The van der Waals surface area contributed by atoms with Crippen LogP contribution in [0.25, 0.3) is 32.9 Å². The molecule has 4 atom stereocenters. The van der Waals surface area contributed by atoms with Crippen molar-refractivity contribution in [1.29, 1.82) is 0 Å². The number of pyridine rings is 1. The number of hydrogen-bond acceptors (Lipinski definition) is 10. The van der Waals surface area contributed by atoms with Crippen LogP contribution in [0.1, 0.15) is 57.9 Å². The summed E-state index contributed by atoms with van der Waals surface area (Å²) in [6, 6.07) is 6.53. The van der Waals surface area contributed by atoms with Crippen molar-refractivity contribution in [1.82, 2.24) is 29.7 Å². The third-order valence-corrected chi connectivity index (χ3v) is 12.2. The van der Waals surface area contributed by atoms with Gasteiger partial charge < -0.3 is 28.9 Å². The van der Waals surface area contributed by atoms with E-state index in [1.165, 1.54) is 11.0 Å². The van der Waals surface area contributed by atoms with E-state index >= 15 is 8.78 Å². The number of fused-ring (bicyclic) bond motifs is 5. The smallest absolute Gasteiger partial charge is 0.471 e. The van der Waals surface area contributed by atoms with Crippen molar-refractivity contribution in [3.63, 3.8) is 0 Å². The highest BCUT2D eigenvalue weighted by molar-refractivity contribution is 6.02. The van der Waals surface area contributed by atoms with Crippen molar-refractivity contribution >= 4 is 39.5 Å². The molecule has 310 valence electrons. The molecule has 2 aromatic carbocycles. The first-order valence-electron chi connectivity index (χ1n) is 19.9. The molecule has 4 saturated heterocycles. The average molecular weight is 812 g/mol. The maximum atomic E-state index is 17.4. The summed E-state index contributed by atoms with van der Waals surface area (Å²) in [4.78, 5) is 45.3. The van der Waals surface area contributed by atoms with Gasteiger partial charge in [-0.05, 0) is 80.8 Å². The third kappa shape index (κ3) is 6.87. The first-order valence-corrected chi connectivity index (χ1v) is 19.9. The molecule has 2 amide bonds. The Labute approximate surface area is 332 Å². The number of aryl methyl sites for hydroxylation is 1. The largest absolute Gasteiger partial charge is 0.477 e. The lowest BCUT2D eigenvalue weighted by molar-refractivity contribution is -0.188. The molecule has 58 heavy (non-hydrogen) atoms. The summed E-state index contributed by atoms with van der Waals surface area (Å²) in [5.41, 5.74) is 0.0133. The number of hydrogen-bond donors (Lipinski definition) is 0. The van der Waals surface area contributed by atoms with E-state index in [0.29, 0.717) is 41.2 Å². The number of benzene rings is 2. The fourth-order valence-corrected chi connectivity index (χ4v) is 9.63. The molecule has 0 aliphatic carbocycles. The number of halogens is 5. The Bertz CT molecular complexity index is 2250. The van der Waals surface area contributed by atoms with E-state index in [-0.39, 0.29) is 73.3 Å². The van der Waals surface area contributed by atoms with Crippen molar-refractivity contribution < 1.29 is 45.8 Å². The van der Waals surface area contributed by atoms with Crippen LogP contribution in [-0.4, -0.2) is 125 Å². The van der Waals surface area contributed by atoms with E-state index in [1.807, 2.05) is 13.0 Å². The minimum absolute atomic E-state index is 0.00508. The Morgan fingerprint density at radius 2 is 1.71 bits per heavy atom. The number of alkyl halides is 3. The van der Waals surface area contributed by atoms with Crippen LogP contribution in [0.4, 0.5) is 32.6 Å². The molecule has 0 spiro atoms. The summed E-state index contributed by atoms with van der Waals surface area (Å²) in [7, 11) is 3.25. The van der Waals surface area contributed by atoms with E-state index in [1.54, 1.807) is 44.1 Å². The molecule has 0 N–H and O–H groups in total. The Morgan fingerprint density at radius 3 is 2.40 bits per heavy atom. The lowest BCUT2D eigenvalue weighted by Gasteiger charge is -2.42. The molecule has 4 aromatic rings. The average Bonchev–Trinajstić information content (AvgIpc) is 3.85. The monoisotopic (exact) mass is 811 g/mol. The van der Waals surface area contributed by atoms with Gasteiger partial charge in [0.2, 0.25) is 5.88 Å². The van der Waals surface area contributed by atoms with Crippen LogP contribution in [-0.2, 0) is 16.0 Å². The van der Waals surface area contributed by atoms with Gasteiger partial charge in [0.25, 0.3) is 0 Å². The molecule has 2 unspecified atom stereocenters. The number of carbonyl (C=O) groups is 2. The highest BCUT2D eigenvalue weighted by atomic mass is 19.4. The highest BCUT2D eigenvalue weighted by Crippen LogP contribution is 2.45. The van der Waals surface area contributed by atoms with E-state index in [9.17, 15) is 22.8 Å². The van der Waals surface area contributed by atoms with Crippen molar-refractivity contribution in [3.05, 3.63) is 47.5 Å². The van der Waals surface area contributed by atoms with Gasteiger partial charge in [-0.15, -0.1) is 0 Å². The van der Waals surface area contributed by atoms with Crippen LogP contribution in [0.3, 0.4) is 0 Å². The van der Waals surface area contributed by atoms with Crippen LogP contribution < -0.4 is 14.4 Å². The van der Waals surface area contributed by atoms with Gasteiger partial charge in [-0.2, -0.15) is 23.1 Å². The van der Waals surface area contributed by atoms with Crippen LogP contribution in [0.2, 0.25) is 0 Å². The molecule has 4 fully saturated rings. The van der Waals surface area contributed by atoms with E-state index in [0.717, 1.165) is 37.1 Å². The molecule has 0 saturated carbocycles. The second-order valence-electron chi connectivity index (χ2n) is 15.8. The molecule has 2 aromatic heterocycles. The number of carbonyl (C=O) groups excluding carboxylic acids is 2. The van der Waals surface area contributed by atoms with Gasteiger partial charge in [0.05, 0.1) is 24.2 Å². The number of amides is 2. The Kier molecular flexibility index (Phi) is 10.5. The quantitative estimate of drug-likeness (QED) is 0.157. The second kappa shape index (κ2) is 15.3. The molecular formula is C41H46F5N7O5. The summed E-state index contributed by atoms with van der Waals surface area (Å²) in [5.74, 6) is -2.99. The summed E-state index contributed by atoms with van der Waals surface area (Å²) in [6.07, 6.45) is -1.20. The number of rotatable bonds is 10. The van der Waals surface area contributed by atoms with Gasteiger partial charge in [0.15, 0.2) is 5.82 Å². The Balaban J connectivity index is 1.23. The molecule has 12 nitrogen and oxygen atoms in total. The summed E-state index contributed by atoms with van der Waals surface area (Å²) >= 11 is 0. The standard InChI is InChI=1S/C41H46F5N7O5/c1-5-27-29(42)14-11-23-9-7-10-28(30(23)27)33-32(43)34-31(36(47-33)56-6-2)35(51-19-24-12-13-25(20-51)53(24)37(54)41(44,45)46)49-38(48-34)58-22-40-16-8-18-52(40)26(15-17-40)21-57-39(55)50(3)4/h7,9-11,14,24-26H,5-6,8,12-13,15-22H2,1-4H3/t24?,25?,26-,40-/m1/s1. The minimum atomic E-state index is -5.03. The first-order chi connectivity index (χ1) is 27.7. The predicted molar refractivity (Wildman–Crippen MR) is 205 cm³/mol. The summed E-state index contributed by atoms with van der Waals surface area (Å²) in [6.45, 7) is 4.80. The van der Waals surface area contributed by atoms with Crippen LogP contribution in [0.15, 0.2) is 30.3 Å². The molecule has 17 heteroatoms. The summed E-state index contributed by atoms with van der Waals surface area (Å²) in [5, 5.41) is 1.30. The number of anilines is 1. The van der Waals surface area contributed by atoms with Gasteiger partial charge in [-0.25, -0.2) is 18.6 Å². The van der Waals surface area contributed by atoms with Gasteiger partial charge in [-0.3, -0.25) is 9.69 Å².